The van der Waals surface area contributed by atoms with Crippen molar-refractivity contribution in [3.05, 3.63) is 132 Å². The topological polar surface area (TPSA) is 21.1 Å². The van der Waals surface area contributed by atoms with Gasteiger partial charge in [0.05, 0.1) is 34.1 Å². The van der Waals surface area contributed by atoms with Crippen LogP contribution in [-0.4, -0.2) is 9.55 Å². The van der Waals surface area contributed by atoms with E-state index in [1.165, 1.54) is 33.6 Å². The Hall–Kier alpha value is -4.63. The molecule has 2 aliphatic rings. The molecule has 0 spiro atoms. The number of para-hydroxylation sites is 3. The number of aromatic nitrogens is 2. The number of hydrogen-bond acceptors (Lipinski definition) is 2. The Morgan fingerprint density at radius 3 is 1.86 bits per heavy atom. The highest BCUT2D eigenvalue weighted by Gasteiger charge is 2.38. The number of benzene rings is 5. The molecular formula is C32H21N3. The van der Waals surface area contributed by atoms with E-state index in [4.69, 9.17) is 4.98 Å². The van der Waals surface area contributed by atoms with Crippen molar-refractivity contribution >= 4 is 22.4 Å². The first-order valence-corrected chi connectivity index (χ1v) is 12.0. The molecule has 0 fully saturated rings. The first-order valence-electron chi connectivity index (χ1n) is 12.0. The molecule has 164 valence electrons. The largest absolute Gasteiger partial charge is 0.326 e. The standard InChI is InChI=1S/C32H21N3/c1-2-11-21(12-3-1)32-33-26-17-10-20-29-31(26)35(32)28-19-9-8-18-27(28)34(29)30-24-15-6-4-13-22(24)23-14-5-7-16-25(23)30/h1-20,30H. The van der Waals surface area contributed by atoms with E-state index in [0.717, 1.165) is 28.1 Å². The number of imidazole rings is 1. The highest BCUT2D eigenvalue weighted by molar-refractivity contribution is 6.01. The van der Waals surface area contributed by atoms with Crippen molar-refractivity contribution in [1.29, 1.82) is 0 Å². The van der Waals surface area contributed by atoms with Crippen LogP contribution in [0.1, 0.15) is 17.2 Å². The summed E-state index contributed by atoms with van der Waals surface area (Å²) < 4.78 is 2.35. The third kappa shape index (κ3) is 2.47. The van der Waals surface area contributed by atoms with Crippen LogP contribution in [0.4, 0.5) is 11.4 Å². The third-order valence-electron chi connectivity index (χ3n) is 7.39. The lowest BCUT2D eigenvalue weighted by Crippen LogP contribution is -2.27. The normalized spacial score (nSPS) is 13.5. The fourth-order valence-corrected chi connectivity index (χ4v) is 5.99. The van der Waals surface area contributed by atoms with Crippen LogP contribution in [0, 0.1) is 0 Å². The van der Waals surface area contributed by atoms with Crippen LogP contribution < -0.4 is 4.90 Å². The summed E-state index contributed by atoms with van der Waals surface area (Å²) in [6, 6.07) is 43.5. The van der Waals surface area contributed by atoms with Crippen molar-refractivity contribution in [3.63, 3.8) is 0 Å². The van der Waals surface area contributed by atoms with Gasteiger partial charge in [-0.1, -0.05) is 97.1 Å². The summed E-state index contributed by atoms with van der Waals surface area (Å²) in [5.41, 5.74) is 12.2. The number of nitrogens with zero attached hydrogens (tertiary/aromatic N) is 3. The molecule has 5 aromatic carbocycles. The van der Waals surface area contributed by atoms with Gasteiger partial charge in [-0.3, -0.25) is 4.57 Å². The molecule has 1 aromatic heterocycles. The average Bonchev–Trinajstić information content (AvgIpc) is 3.47. The highest BCUT2D eigenvalue weighted by atomic mass is 15.3. The summed E-state index contributed by atoms with van der Waals surface area (Å²) in [4.78, 5) is 7.67. The van der Waals surface area contributed by atoms with Crippen molar-refractivity contribution in [3.8, 4) is 28.2 Å². The van der Waals surface area contributed by atoms with Crippen LogP contribution >= 0.6 is 0 Å². The lowest BCUT2D eigenvalue weighted by Gasteiger charge is -2.38. The Labute approximate surface area is 203 Å². The maximum absolute atomic E-state index is 5.14. The van der Waals surface area contributed by atoms with Gasteiger partial charge >= 0.3 is 0 Å². The molecule has 0 radical (unpaired) electrons. The molecule has 1 aliphatic carbocycles. The second-order valence-electron chi connectivity index (χ2n) is 9.22. The second-order valence-corrected chi connectivity index (χ2v) is 9.22. The Morgan fingerprint density at radius 2 is 1.11 bits per heavy atom. The molecule has 8 rings (SSSR count). The molecule has 6 aromatic rings. The average molecular weight is 448 g/mol. The Morgan fingerprint density at radius 1 is 0.514 bits per heavy atom. The van der Waals surface area contributed by atoms with E-state index in [-0.39, 0.29) is 6.04 Å². The molecular weight excluding hydrogens is 426 g/mol. The third-order valence-corrected chi connectivity index (χ3v) is 7.39. The molecule has 0 atom stereocenters. The van der Waals surface area contributed by atoms with Gasteiger partial charge in [-0.15, -0.1) is 0 Å². The van der Waals surface area contributed by atoms with Crippen LogP contribution in [-0.2, 0) is 0 Å². The summed E-state index contributed by atoms with van der Waals surface area (Å²) in [6.07, 6.45) is 0. The van der Waals surface area contributed by atoms with E-state index in [9.17, 15) is 0 Å². The maximum Gasteiger partial charge on any atom is 0.145 e. The van der Waals surface area contributed by atoms with E-state index in [1.807, 2.05) is 0 Å². The number of hydrogen-bond donors (Lipinski definition) is 0. The van der Waals surface area contributed by atoms with Crippen LogP contribution in [0.15, 0.2) is 121 Å². The Bertz CT molecular complexity index is 1720. The quantitative estimate of drug-likeness (QED) is 0.269. The van der Waals surface area contributed by atoms with Gasteiger partial charge in [0.1, 0.15) is 5.82 Å². The first kappa shape index (κ1) is 18.8. The maximum atomic E-state index is 5.14. The number of rotatable bonds is 2. The van der Waals surface area contributed by atoms with Gasteiger partial charge in [0.2, 0.25) is 0 Å². The van der Waals surface area contributed by atoms with E-state index < -0.39 is 0 Å². The highest BCUT2D eigenvalue weighted by Crippen LogP contribution is 2.54. The fraction of sp³-hybridized carbons (Fsp3) is 0.0312. The zero-order valence-electron chi connectivity index (χ0n) is 19.0. The van der Waals surface area contributed by atoms with Gasteiger partial charge in [0.25, 0.3) is 0 Å². The van der Waals surface area contributed by atoms with Crippen LogP contribution in [0.25, 0.3) is 39.2 Å². The Balaban J connectivity index is 1.48. The van der Waals surface area contributed by atoms with Crippen molar-refractivity contribution in [2.45, 2.75) is 6.04 Å². The molecule has 3 heteroatoms. The predicted molar refractivity (Wildman–Crippen MR) is 142 cm³/mol. The van der Waals surface area contributed by atoms with Crippen LogP contribution in [0.3, 0.4) is 0 Å². The minimum absolute atomic E-state index is 0.0953. The van der Waals surface area contributed by atoms with Gasteiger partial charge in [-0.05, 0) is 46.5 Å². The second kappa shape index (κ2) is 6.94. The zero-order valence-corrected chi connectivity index (χ0v) is 19.0. The minimum Gasteiger partial charge on any atom is -0.326 e. The van der Waals surface area contributed by atoms with E-state index in [1.54, 1.807) is 0 Å². The van der Waals surface area contributed by atoms with Crippen LogP contribution in [0.5, 0.6) is 0 Å². The molecule has 3 nitrogen and oxygen atoms in total. The first-order chi connectivity index (χ1) is 17.4. The monoisotopic (exact) mass is 447 g/mol. The molecule has 35 heavy (non-hydrogen) atoms. The minimum atomic E-state index is 0.0953. The van der Waals surface area contributed by atoms with Crippen molar-refractivity contribution in [2.75, 3.05) is 4.90 Å². The zero-order chi connectivity index (χ0) is 22.9. The Kier molecular flexibility index (Phi) is 3.72. The molecule has 0 N–H and O–H groups in total. The van der Waals surface area contributed by atoms with Crippen molar-refractivity contribution in [1.82, 2.24) is 9.55 Å². The molecule has 0 bridgehead atoms. The summed E-state index contributed by atoms with van der Waals surface area (Å²) >= 11 is 0. The summed E-state index contributed by atoms with van der Waals surface area (Å²) in [5.74, 6) is 0.979. The number of anilines is 2. The van der Waals surface area contributed by atoms with Gasteiger partial charge < -0.3 is 4.90 Å². The smallest absolute Gasteiger partial charge is 0.145 e. The molecule has 1 aliphatic heterocycles. The van der Waals surface area contributed by atoms with E-state index >= 15 is 0 Å². The van der Waals surface area contributed by atoms with Crippen molar-refractivity contribution in [2.24, 2.45) is 0 Å². The summed E-state index contributed by atoms with van der Waals surface area (Å²) in [5, 5.41) is 0. The molecule has 0 unspecified atom stereocenters. The fourth-order valence-electron chi connectivity index (χ4n) is 5.99. The van der Waals surface area contributed by atoms with Gasteiger partial charge in [0.15, 0.2) is 0 Å². The predicted octanol–water partition coefficient (Wildman–Crippen LogP) is 7.91. The van der Waals surface area contributed by atoms with Gasteiger partial charge in [-0.2, -0.15) is 0 Å². The van der Waals surface area contributed by atoms with Gasteiger partial charge in [-0.25, -0.2) is 4.98 Å². The van der Waals surface area contributed by atoms with Crippen LogP contribution in [0.2, 0.25) is 0 Å². The summed E-state index contributed by atoms with van der Waals surface area (Å²) in [6.45, 7) is 0. The lowest BCUT2D eigenvalue weighted by molar-refractivity contribution is 0.829. The molecule has 0 saturated carbocycles. The molecule has 0 amide bonds. The summed E-state index contributed by atoms with van der Waals surface area (Å²) in [7, 11) is 0. The molecule has 0 saturated heterocycles. The van der Waals surface area contributed by atoms with E-state index in [2.05, 4.69) is 131 Å². The van der Waals surface area contributed by atoms with Gasteiger partial charge in [0, 0.05) is 5.56 Å². The molecule has 2 heterocycles. The SMILES string of the molecule is c1ccc(-c2nc3cccc4c3n2-c2ccccc2N4C2c3ccccc3-c3ccccc32)cc1. The lowest BCUT2D eigenvalue weighted by atomic mass is 9.99. The van der Waals surface area contributed by atoms with Crippen molar-refractivity contribution < 1.29 is 0 Å². The number of fused-ring (bicyclic) bond motifs is 5. The van der Waals surface area contributed by atoms with E-state index in [0.29, 0.717) is 0 Å².